The van der Waals surface area contributed by atoms with Gasteiger partial charge in [0.1, 0.15) is 11.8 Å². The number of amides is 2. The molecule has 2 N–H and O–H groups in total. The van der Waals surface area contributed by atoms with Crippen molar-refractivity contribution >= 4 is 50.0 Å². The second-order valence-corrected chi connectivity index (χ2v) is 10.0. The number of thiophene rings is 1. The van der Waals surface area contributed by atoms with Crippen LogP contribution in [0, 0.1) is 0 Å². The molecule has 4 rings (SSSR count). The lowest BCUT2D eigenvalue weighted by atomic mass is 9.89. The third kappa shape index (κ3) is 4.25. The first kappa shape index (κ1) is 20.9. The number of aromatic nitrogens is 1. The molecular formula is C22H24BrN3O3S. The van der Waals surface area contributed by atoms with E-state index >= 15 is 0 Å². The maximum atomic E-state index is 12.8. The molecule has 0 saturated carbocycles. The summed E-state index contributed by atoms with van der Waals surface area (Å²) in [4.78, 5) is 31.0. The van der Waals surface area contributed by atoms with Crippen molar-refractivity contribution in [2.24, 2.45) is 0 Å². The van der Waals surface area contributed by atoms with E-state index in [1.54, 1.807) is 20.1 Å². The first-order valence-electron chi connectivity index (χ1n) is 9.96. The van der Waals surface area contributed by atoms with Gasteiger partial charge in [-0.15, -0.1) is 11.3 Å². The number of benzene rings is 1. The number of aromatic amines is 1. The predicted molar refractivity (Wildman–Crippen MR) is 122 cm³/mol. The molecule has 3 aromatic rings. The van der Waals surface area contributed by atoms with Gasteiger partial charge in [-0.2, -0.15) is 0 Å². The number of fused-ring (bicyclic) bond motifs is 1. The Morgan fingerprint density at radius 1 is 1.27 bits per heavy atom. The van der Waals surface area contributed by atoms with Crippen molar-refractivity contribution in [1.29, 1.82) is 0 Å². The topological polar surface area (TPSA) is 74.4 Å². The van der Waals surface area contributed by atoms with Crippen LogP contribution in [0.1, 0.15) is 40.9 Å². The van der Waals surface area contributed by atoms with Crippen molar-refractivity contribution in [1.82, 2.24) is 15.2 Å². The minimum Gasteiger partial charge on any atom is -0.497 e. The van der Waals surface area contributed by atoms with Crippen molar-refractivity contribution in [2.75, 3.05) is 20.2 Å². The molecule has 1 unspecified atom stereocenters. The number of nitrogens with zero attached hydrogens (tertiary/aromatic N) is 1. The van der Waals surface area contributed by atoms with Gasteiger partial charge in [0.15, 0.2) is 0 Å². The summed E-state index contributed by atoms with van der Waals surface area (Å²) in [5.74, 6) is 0.994. The SMILES string of the molecule is COc1ccc2[nH]cc(C3CCN(C(=O)C(C)NC(=O)c4ccc(Br)s4)CC3)c2c1. The number of hydrogen-bond donors (Lipinski definition) is 2. The molecule has 2 aromatic heterocycles. The normalized spacial score (nSPS) is 15.9. The van der Waals surface area contributed by atoms with Crippen molar-refractivity contribution in [3.05, 3.63) is 50.8 Å². The minimum absolute atomic E-state index is 0.0296. The highest BCUT2D eigenvalue weighted by Gasteiger charge is 2.29. The van der Waals surface area contributed by atoms with Crippen LogP contribution in [0.2, 0.25) is 0 Å². The number of hydrogen-bond acceptors (Lipinski definition) is 4. The minimum atomic E-state index is -0.549. The third-order valence-electron chi connectivity index (χ3n) is 5.68. The molecular weight excluding hydrogens is 466 g/mol. The molecule has 1 aromatic carbocycles. The Bertz CT molecular complexity index is 1070. The molecule has 2 amide bonds. The zero-order chi connectivity index (χ0) is 21.3. The zero-order valence-electron chi connectivity index (χ0n) is 16.9. The monoisotopic (exact) mass is 489 g/mol. The molecule has 1 aliphatic rings. The number of carbonyl (C=O) groups excluding carboxylic acids is 2. The van der Waals surface area contributed by atoms with Gasteiger partial charge >= 0.3 is 0 Å². The van der Waals surface area contributed by atoms with E-state index in [1.165, 1.54) is 22.3 Å². The van der Waals surface area contributed by atoms with Gasteiger partial charge in [-0.05, 0) is 77.5 Å². The average Bonchev–Trinajstić information content (AvgIpc) is 3.39. The molecule has 1 atom stereocenters. The van der Waals surface area contributed by atoms with E-state index in [-0.39, 0.29) is 11.8 Å². The highest BCUT2D eigenvalue weighted by molar-refractivity contribution is 9.11. The lowest BCUT2D eigenvalue weighted by Crippen LogP contribution is -2.49. The largest absolute Gasteiger partial charge is 0.497 e. The number of ether oxygens (including phenoxy) is 1. The van der Waals surface area contributed by atoms with Crippen LogP contribution in [0.3, 0.4) is 0 Å². The highest BCUT2D eigenvalue weighted by Crippen LogP contribution is 2.34. The highest BCUT2D eigenvalue weighted by atomic mass is 79.9. The fourth-order valence-corrected chi connectivity index (χ4v) is 5.33. The molecule has 0 bridgehead atoms. The second kappa shape index (κ2) is 8.81. The number of nitrogens with one attached hydrogen (secondary N) is 2. The fraction of sp³-hybridized carbons (Fsp3) is 0.364. The van der Waals surface area contributed by atoms with Crippen LogP contribution in [0.25, 0.3) is 10.9 Å². The number of piperidine rings is 1. The molecule has 0 radical (unpaired) electrons. The van der Waals surface area contributed by atoms with Gasteiger partial charge in [-0.1, -0.05) is 0 Å². The molecule has 1 saturated heterocycles. The number of rotatable bonds is 5. The van der Waals surface area contributed by atoms with Crippen molar-refractivity contribution in [3.63, 3.8) is 0 Å². The van der Waals surface area contributed by atoms with E-state index in [2.05, 4.69) is 38.5 Å². The zero-order valence-corrected chi connectivity index (χ0v) is 19.3. The summed E-state index contributed by atoms with van der Waals surface area (Å²) in [7, 11) is 1.68. The Labute approximate surface area is 187 Å². The Morgan fingerprint density at radius 2 is 2.03 bits per heavy atom. The Hall–Kier alpha value is -2.32. The quantitative estimate of drug-likeness (QED) is 0.552. The predicted octanol–water partition coefficient (Wildman–Crippen LogP) is 4.53. The maximum absolute atomic E-state index is 12.8. The molecule has 0 spiro atoms. The molecule has 158 valence electrons. The number of carbonyl (C=O) groups is 2. The van der Waals surface area contributed by atoms with E-state index in [1.807, 2.05) is 23.1 Å². The van der Waals surface area contributed by atoms with Gasteiger partial charge < -0.3 is 19.9 Å². The number of H-pyrrole nitrogens is 1. The molecule has 8 heteroatoms. The first-order chi connectivity index (χ1) is 14.5. The molecule has 1 fully saturated rings. The van der Waals surface area contributed by atoms with Gasteiger partial charge in [0.25, 0.3) is 5.91 Å². The van der Waals surface area contributed by atoms with Crippen LogP contribution in [0.4, 0.5) is 0 Å². The average molecular weight is 490 g/mol. The smallest absolute Gasteiger partial charge is 0.262 e. The summed E-state index contributed by atoms with van der Waals surface area (Å²) >= 11 is 4.71. The second-order valence-electron chi connectivity index (χ2n) is 7.55. The molecule has 3 heterocycles. The van der Waals surface area contributed by atoms with Gasteiger partial charge in [-0.25, -0.2) is 0 Å². The molecule has 1 aliphatic heterocycles. The van der Waals surface area contributed by atoms with Crippen molar-refractivity contribution < 1.29 is 14.3 Å². The summed E-state index contributed by atoms with van der Waals surface area (Å²) in [5.41, 5.74) is 2.38. The van der Waals surface area contributed by atoms with Gasteiger partial charge in [-0.3, -0.25) is 9.59 Å². The molecule has 0 aliphatic carbocycles. The Balaban J connectivity index is 1.37. The summed E-state index contributed by atoms with van der Waals surface area (Å²) in [6.45, 7) is 3.12. The number of methoxy groups -OCH3 is 1. The van der Waals surface area contributed by atoms with Gasteiger partial charge in [0.2, 0.25) is 5.91 Å². The van der Waals surface area contributed by atoms with Crippen LogP contribution >= 0.6 is 27.3 Å². The first-order valence-corrected chi connectivity index (χ1v) is 11.6. The van der Waals surface area contributed by atoms with E-state index in [0.29, 0.717) is 23.9 Å². The van der Waals surface area contributed by atoms with E-state index in [0.717, 1.165) is 27.9 Å². The van der Waals surface area contributed by atoms with Crippen LogP contribution in [0.5, 0.6) is 5.75 Å². The van der Waals surface area contributed by atoms with E-state index in [4.69, 9.17) is 4.74 Å². The van der Waals surface area contributed by atoms with Gasteiger partial charge in [0.05, 0.1) is 15.8 Å². The number of likely N-dealkylation sites (tertiary alicyclic amines) is 1. The molecule has 30 heavy (non-hydrogen) atoms. The third-order valence-corrected chi connectivity index (χ3v) is 7.30. The Kier molecular flexibility index (Phi) is 6.15. The maximum Gasteiger partial charge on any atom is 0.262 e. The summed E-state index contributed by atoms with van der Waals surface area (Å²) < 4.78 is 6.26. The lowest BCUT2D eigenvalue weighted by molar-refractivity contribution is -0.133. The van der Waals surface area contributed by atoms with Crippen molar-refractivity contribution in [3.8, 4) is 5.75 Å². The van der Waals surface area contributed by atoms with E-state index < -0.39 is 6.04 Å². The van der Waals surface area contributed by atoms with Crippen LogP contribution < -0.4 is 10.1 Å². The van der Waals surface area contributed by atoms with Crippen LogP contribution in [0.15, 0.2) is 40.3 Å². The van der Waals surface area contributed by atoms with Crippen molar-refractivity contribution in [2.45, 2.75) is 31.7 Å². The summed E-state index contributed by atoms with van der Waals surface area (Å²) in [5, 5.41) is 4.01. The summed E-state index contributed by atoms with van der Waals surface area (Å²) in [6, 6.07) is 9.09. The Morgan fingerprint density at radius 3 is 2.70 bits per heavy atom. The standard InChI is InChI=1S/C22H24BrN3O3S/c1-13(25-21(27)19-5-6-20(23)30-19)22(28)26-9-7-14(8-10-26)17-12-24-18-4-3-15(29-2)11-16(17)18/h3-6,11-14,24H,7-10H2,1-2H3,(H,25,27). The lowest BCUT2D eigenvalue weighted by Gasteiger charge is -2.33. The summed E-state index contributed by atoms with van der Waals surface area (Å²) in [6.07, 6.45) is 3.87. The van der Waals surface area contributed by atoms with Gasteiger partial charge in [0, 0.05) is 30.2 Å². The fourth-order valence-electron chi connectivity index (χ4n) is 4.04. The van der Waals surface area contributed by atoms with Crippen LogP contribution in [-0.2, 0) is 4.79 Å². The van der Waals surface area contributed by atoms with Crippen LogP contribution in [-0.4, -0.2) is 47.9 Å². The molecule has 6 nitrogen and oxygen atoms in total. The number of halogens is 1. The van der Waals surface area contributed by atoms with E-state index in [9.17, 15) is 9.59 Å².